The zero-order chi connectivity index (χ0) is 8.48. The first kappa shape index (κ1) is 8.18. The Labute approximate surface area is 64.9 Å². The van der Waals surface area contributed by atoms with E-state index >= 15 is 0 Å². The van der Waals surface area contributed by atoms with Gasteiger partial charge < -0.3 is 0 Å². The number of hydrogen-bond donors (Lipinski definition) is 0. The number of hydrogen-bond acceptors (Lipinski definition) is 0. The Bertz CT molecular complexity index is 248. The van der Waals surface area contributed by atoms with E-state index in [-0.39, 0.29) is 5.56 Å². The van der Waals surface area contributed by atoms with Crippen molar-refractivity contribution in [2.75, 3.05) is 0 Å². The van der Waals surface area contributed by atoms with Gasteiger partial charge in [0.2, 0.25) is 0 Å². The third-order valence-electron chi connectivity index (χ3n) is 1.51. The molecule has 0 saturated carbocycles. The van der Waals surface area contributed by atoms with Gasteiger partial charge in [-0.15, -0.1) is 0 Å². The largest absolute Gasteiger partial charge is 0.239 e. The first-order valence-electron chi connectivity index (χ1n) is 3.46. The van der Waals surface area contributed by atoms with Crippen LogP contribution < -0.4 is 0 Å². The predicted octanol–water partition coefficient (Wildman–Crippen LogP) is 3.03. The number of rotatable bonds is 1. The van der Waals surface area contributed by atoms with Gasteiger partial charge in [0.25, 0.3) is 0 Å². The Morgan fingerprint density at radius 1 is 1.18 bits per heavy atom. The lowest BCUT2D eigenvalue weighted by Crippen LogP contribution is -2.10. The van der Waals surface area contributed by atoms with Gasteiger partial charge in [0, 0.05) is 5.56 Å². The molecule has 0 aliphatic heterocycles. The van der Waals surface area contributed by atoms with Gasteiger partial charge in [0.05, 0.1) is 0 Å². The molecule has 0 fully saturated rings. The number of benzene rings is 1. The molecule has 0 atom stereocenters. The van der Waals surface area contributed by atoms with E-state index in [9.17, 15) is 8.78 Å². The van der Waals surface area contributed by atoms with Crippen LogP contribution in [0.1, 0.15) is 19.4 Å². The van der Waals surface area contributed by atoms with Crippen molar-refractivity contribution in [1.82, 2.24) is 0 Å². The third kappa shape index (κ3) is 1.76. The molecule has 0 N–H and O–H groups in total. The Morgan fingerprint density at radius 2 is 1.73 bits per heavy atom. The summed E-state index contributed by atoms with van der Waals surface area (Å²) in [5.41, 5.74) is -1.48. The van der Waals surface area contributed by atoms with Crippen molar-refractivity contribution in [2.45, 2.75) is 19.5 Å². The van der Waals surface area contributed by atoms with Gasteiger partial charge in [-0.1, -0.05) is 18.2 Å². The van der Waals surface area contributed by atoms with Gasteiger partial charge in [-0.25, -0.2) is 8.78 Å². The lowest BCUT2D eigenvalue weighted by atomic mass is 10.00. The van der Waals surface area contributed by atoms with Crippen LogP contribution in [0.2, 0.25) is 0 Å². The Kier molecular flexibility index (Phi) is 1.94. The lowest BCUT2D eigenvalue weighted by molar-refractivity contribution is 0.214. The molecule has 0 bridgehead atoms. The van der Waals surface area contributed by atoms with E-state index in [1.165, 1.54) is 26.0 Å². The Morgan fingerprint density at radius 3 is 2.09 bits per heavy atom. The van der Waals surface area contributed by atoms with Crippen molar-refractivity contribution < 1.29 is 8.78 Å². The summed E-state index contributed by atoms with van der Waals surface area (Å²) in [6, 6.07) is 5.89. The molecule has 1 aromatic rings. The van der Waals surface area contributed by atoms with Gasteiger partial charge in [-0.3, -0.25) is 0 Å². The first-order valence-corrected chi connectivity index (χ1v) is 3.46. The Hall–Kier alpha value is -0.920. The highest BCUT2D eigenvalue weighted by Gasteiger charge is 2.21. The SMILES string of the molecule is CC(C)(F)c1ccccc1F. The van der Waals surface area contributed by atoms with Crippen molar-refractivity contribution in [1.29, 1.82) is 0 Å². The van der Waals surface area contributed by atoms with Crippen molar-refractivity contribution in [3.05, 3.63) is 35.6 Å². The molecular formula is C9H10F2. The molecule has 1 aromatic carbocycles. The van der Waals surface area contributed by atoms with Crippen LogP contribution >= 0.6 is 0 Å². The number of halogens is 2. The van der Waals surface area contributed by atoms with Crippen LogP contribution in [0.3, 0.4) is 0 Å². The van der Waals surface area contributed by atoms with Crippen LogP contribution in [0.15, 0.2) is 24.3 Å². The summed E-state index contributed by atoms with van der Waals surface area (Å²) >= 11 is 0. The molecule has 0 radical (unpaired) electrons. The molecule has 60 valence electrons. The van der Waals surface area contributed by atoms with Gasteiger partial charge in [0.1, 0.15) is 11.5 Å². The minimum absolute atomic E-state index is 0.111. The highest BCUT2D eigenvalue weighted by Crippen LogP contribution is 2.26. The second kappa shape index (κ2) is 2.61. The highest BCUT2D eigenvalue weighted by atomic mass is 19.1. The van der Waals surface area contributed by atoms with E-state index in [0.29, 0.717) is 0 Å². The van der Waals surface area contributed by atoms with Crippen LogP contribution in [0.25, 0.3) is 0 Å². The molecular weight excluding hydrogens is 146 g/mol. The molecule has 0 aliphatic carbocycles. The quantitative estimate of drug-likeness (QED) is 0.586. The third-order valence-corrected chi connectivity index (χ3v) is 1.51. The molecule has 0 unspecified atom stereocenters. The topological polar surface area (TPSA) is 0 Å². The van der Waals surface area contributed by atoms with Crippen LogP contribution in [0, 0.1) is 5.82 Å². The zero-order valence-electron chi connectivity index (χ0n) is 6.57. The average Bonchev–Trinajstić information content (AvgIpc) is 1.86. The van der Waals surface area contributed by atoms with E-state index in [4.69, 9.17) is 0 Å². The van der Waals surface area contributed by atoms with Crippen LogP contribution in [0.4, 0.5) is 8.78 Å². The molecule has 1 rings (SSSR count). The van der Waals surface area contributed by atoms with Gasteiger partial charge >= 0.3 is 0 Å². The molecule has 0 nitrogen and oxygen atoms in total. The summed E-state index contributed by atoms with van der Waals surface area (Å²) in [4.78, 5) is 0. The van der Waals surface area contributed by atoms with Gasteiger partial charge in [0.15, 0.2) is 0 Å². The average molecular weight is 156 g/mol. The molecule has 2 heteroatoms. The molecule has 0 aliphatic rings. The van der Waals surface area contributed by atoms with E-state index < -0.39 is 11.5 Å². The van der Waals surface area contributed by atoms with E-state index in [1.54, 1.807) is 12.1 Å². The first-order chi connectivity index (χ1) is 5.02. The maximum Gasteiger partial charge on any atom is 0.133 e. The molecule has 0 aromatic heterocycles. The van der Waals surface area contributed by atoms with Gasteiger partial charge in [-0.2, -0.15) is 0 Å². The summed E-state index contributed by atoms with van der Waals surface area (Å²) in [5.74, 6) is -0.486. The van der Waals surface area contributed by atoms with Crippen molar-refractivity contribution in [2.24, 2.45) is 0 Å². The Balaban J connectivity index is 3.14. The van der Waals surface area contributed by atoms with E-state index in [0.717, 1.165) is 0 Å². The lowest BCUT2D eigenvalue weighted by Gasteiger charge is -2.14. The predicted molar refractivity (Wildman–Crippen MR) is 40.5 cm³/mol. The van der Waals surface area contributed by atoms with Gasteiger partial charge in [-0.05, 0) is 19.9 Å². The smallest absolute Gasteiger partial charge is 0.133 e. The molecule has 0 heterocycles. The fraction of sp³-hybridized carbons (Fsp3) is 0.333. The second-order valence-corrected chi connectivity index (χ2v) is 2.95. The zero-order valence-corrected chi connectivity index (χ0v) is 6.57. The summed E-state index contributed by atoms with van der Waals surface area (Å²) < 4.78 is 26.0. The van der Waals surface area contributed by atoms with E-state index in [2.05, 4.69) is 0 Å². The van der Waals surface area contributed by atoms with Crippen LogP contribution in [-0.4, -0.2) is 0 Å². The molecule has 11 heavy (non-hydrogen) atoms. The minimum atomic E-state index is -1.59. The summed E-state index contributed by atoms with van der Waals surface area (Å²) in [6.45, 7) is 2.68. The standard InChI is InChI=1S/C9H10F2/c1-9(2,11)7-5-3-4-6-8(7)10/h3-6H,1-2H3. The molecule has 0 spiro atoms. The monoisotopic (exact) mass is 156 g/mol. The minimum Gasteiger partial charge on any atom is -0.239 e. The maximum absolute atomic E-state index is 13.1. The fourth-order valence-electron chi connectivity index (χ4n) is 0.943. The molecule has 0 saturated heterocycles. The highest BCUT2D eigenvalue weighted by molar-refractivity contribution is 5.22. The normalized spacial score (nSPS) is 11.6. The maximum atomic E-state index is 13.1. The second-order valence-electron chi connectivity index (χ2n) is 2.95. The number of alkyl halides is 1. The summed E-state index contributed by atoms with van der Waals surface area (Å²) in [6.07, 6.45) is 0. The van der Waals surface area contributed by atoms with Crippen molar-refractivity contribution >= 4 is 0 Å². The van der Waals surface area contributed by atoms with Crippen molar-refractivity contribution in [3.8, 4) is 0 Å². The summed E-state index contributed by atoms with van der Waals surface area (Å²) in [7, 11) is 0. The molecule has 0 amide bonds. The van der Waals surface area contributed by atoms with Crippen molar-refractivity contribution in [3.63, 3.8) is 0 Å². The van der Waals surface area contributed by atoms with Crippen LogP contribution in [-0.2, 0) is 5.67 Å². The van der Waals surface area contributed by atoms with E-state index in [1.807, 2.05) is 0 Å². The summed E-state index contributed by atoms with van der Waals surface area (Å²) in [5, 5.41) is 0. The fourth-order valence-corrected chi connectivity index (χ4v) is 0.943. The van der Waals surface area contributed by atoms with Crippen LogP contribution in [0.5, 0.6) is 0 Å².